The second-order valence-electron chi connectivity index (χ2n) is 6.26. The van der Waals surface area contributed by atoms with Crippen molar-refractivity contribution in [3.8, 4) is 0 Å². The fraction of sp³-hybridized carbons (Fsp3) is 0.412. The third-order valence-corrected chi connectivity index (χ3v) is 4.70. The first-order valence-electron chi connectivity index (χ1n) is 7.58. The Labute approximate surface area is 138 Å². The van der Waals surface area contributed by atoms with Gasteiger partial charge in [-0.1, -0.05) is 30.7 Å². The van der Waals surface area contributed by atoms with Gasteiger partial charge in [0.25, 0.3) is 5.91 Å². The zero-order chi connectivity index (χ0) is 16.7. The van der Waals surface area contributed by atoms with Crippen LogP contribution in [0.2, 0.25) is 5.02 Å². The summed E-state index contributed by atoms with van der Waals surface area (Å²) in [6, 6.07) is 5.38. The molecule has 2 aromatic rings. The highest BCUT2D eigenvalue weighted by molar-refractivity contribution is 6.35. The molecule has 1 fully saturated rings. The number of likely N-dealkylation sites (tertiary alicyclic amines) is 1. The molecule has 5 nitrogen and oxygen atoms in total. The number of benzene rings is 1. The molecule has 0 saturated carbocycles. The summed E-state index contributed by atoms with van der Waals surface area (Å²) in [5.41, 5.74) is 1.23. The molecule has 3 rings (SSSR count). The molecule has 2 heterocycles. The maximum atomic E-state index is 12.8. The number of carboxylic acid groups (broad SMARTS) is 1. The van der Waals surface area contributed by atoms with E-state index in [0.29, 0.717) is 23.6 Å². The fourth-order valence-electron chi connectivity index (χ4n) is 3.25. The second-order valence-corrected chi connectivity index (χ2v) is 6.67. The number of aliphatic carboxylic acids is 1. The van der Waals surface area contributed by atoms with Crippen molar-refractivity contribution in [2.75, 3.05) is 13.1 Å². The van der Waals surface area contributed by atoms with Crippen molar-refractivity contribution in [1.82, 2.24) is 4.90 Å². The molecule has 2 unspecified atom stereocenters. The lowest BCUT2D eigenvalue weighted by Gasteiger charge is -2.34. The van der Waals surface area contributed by atoms with Crippen LogP contribution in [0.1, 0.15) is 29.5 Å². The minimum atomic E-state index is -0.862. The van der Waals surface area contributed by atoms with Crippen LogP contribution in [0.4, 0.5) is 0 Å². The SMILES string of the molecule is Cc1c(C(=O)N2CC(C)CC(C(=O)O)C2)oc2c(Cl)cccc12. The van der Waals surface area contributed by atoms with Gasteiger partial charge in [-0.2, -0.15) is 0 Å². The fourth-order valence-corrected chi connectivity index (χ4v) is 3.47. The Kier molecular flexibility index (Phi) is 4.06. The minimum absolute atomic E-state index is 0.141. The topological polar surface area (TPSA) is 70.8 Å². The molecule has 1 N–H and O–H groups in total. The van der Waals surface area contributed by atoms with Crippen molar-refractivity contribution in [3.05, 3.63) is 34.5 Å². The summed E-state index contributed by atoms with van der Waals surface area (Å²) in [6.45, 7) is 4.52. The predicted octanol–water partition coefficient (Wildman–Crippen LogP) is 3.58. The highest BCUT2D eigenvalue weighted by Gasteiger charge is 2.34. The van der Waals surface area contributed by atoms with Crippen LogP contribution < -0.4 is 0 Å². The van der Waals surface area contributed by atoms with Gasteiger partial charge in [0.2, 0.25) is 0 Å². The van der Waals surface area contributed by atoms with E-state index in [0.717, 1.165) is 10.9 Å². The average Bonchev–Trinajstić information content (AvgIpc) is 2.85. The Morgan fingerprint density at radius 1 is 1.35 bits per heavy atom. The van der Waals surface area contributed by atoms with Crippen LogP contribution >= 0.6 is 11.6 Å². The van der Waals surface area contributed by atoms with E-state index in [4.69, 9.17) is 16.0 Å². The largest absolute Gasteiger partial charge is 0.481 e. The van der Waals surface area contributed by atoms with Gasteiger partial charge in [0.15, 0.2) is 11.3 Å². The summed E-state index contributed by atoms with van der Waals surface area (Å²) in [5.74, 6) is -1.28. The van der Waals surface area contributed by atoms with Crippen molar-refractivity contribution >= 4 is 34.4 Å². The van der Waals surface area contributed by atoms with Crippen molar-refractivity contribution < 1.29 is 19.1 Å². The normalized spacial score (nSPS) is 21.6. The Bertz CT molecular complexity index is 782. The molecule has 1 amide bonds. The molecule has 0 aliphatic carbocycles. The number of halogens is 1. The number of aryl methyl sites for hydroxylation is 1. The Hall–Kier alpha value is -2.01. The van der Waals surface area contributed by atoms with Crippen LogP contribution in [0.5, 0.6) is 0 Å². The number of nitrogens with zero attached hydrogens (tertiary/aromatic N) is 1. The highest BCUT2D eigenvalue weighted by atomic mass is 35.5. The van der Waals surface area contributed by atoms with E-state index in [-0.39, 0.29) is 24.1 Å². The molecular formula is C17H18ClNO4. The number of carbonyl (C=O) groups excluding carboxylic acids is 1. The van der Waals surface area contributed by atoms with Gasteiger partial charge in [-0.25, -0.2) is 0 Å². The summed E-state index contributed by atoms with van der Waals surface area (Å²) in [5, 5.41) is 10.5. The van der Waals surface area contributed by atoms with Gasteiger partial charge in [-0.3, -0.25) is 9.59 Å². The number of para-hydroxylation sites is 1. The van der Waals surface area contributed by atoms with E-state index in [1.165, 1.54) is 0 Å². The third-order valence-electron chi connectivity index (χ3n) is 4.41. The van der Waals surface area contributed by atoms with Gasteiger partial charge in [0, 0.05) is 24.0 Å². The lowest BCUT2D eigenvalue weighted by atomic mass is 9.90. The summed E-state index contributed by atoms with van der Waals surface area (Å²) >= 11 is 6.12. The van der Waals surface area contributed by atoms with Crippen molar-refractivity contribution in [1.29, 1.82) is 0 Å². The van der Waals surface area contributed by atoms with Gasteiger partial charge in [0.05, 0.1) is 10.9 Å². The lowest BCUT2D eigenvalue weighted by Crippen LogP contribution is -2.45. The molecule has 1 aromatic heterocycles. The predicted molar refractivity (Wildman–Crippen MR) is 86.8 cm³/mol. The van der Waals surface area contributed by atoms with Crippen LogP contribution in [0.3, 0.4) is 0 Å². The van der Waals surface area contributed by atoms with Crippen LogP contribution in [0.15, 0.2) is 22.6 Å². The summed E-state index contributed by atoms with van der Waals surface area (Å²) in [6.07, 6.45) is 0.587. The van der Waals surface area contributed by atoms with E-state index in [9.17, 15) is 14.7 Å². The Balaban J connectivity index is 1.95. The summed E-state index contributed by atoms with van der Waals surface area (Å²) in [7, 11) is 0. The van der Waals surface area contributed by atoms with Crippen molar-refractivity contribution in [2.45, 2.75) is 20.3 Å². The maximum Gasteiger partial charge on any atom is 0.308 e. The monoisotopic (exact) mass is 335 g/mol. The van der Waals surface area contributed by atoms with Gasteiger partial charge in [-0.15, -0.1) is 0 Å². The van der Waals surface area contributed by atoms with Crippen molar-refractivity contribution in [2.24, 2.45) is 11.8 Å². The molecule has 23 heavy (non-hydrogen) atoms. The molecule has 2 atom stereocenters. The van der Waals surface area contributed by atoms with E-state index in [1.807, 2.05) is 26.0 Å². The Morgan fingerprint density at radius 2 is 2.09 bits per heavy atom. The first-order chi connectivity index (χ1) is 10.9. The van der Waals surface area contributed by atoms with Gasteiger partial charge >= 0.3 is 5.97 Å². The van der Waals surface area contributed by atoms with Crippen LogP contribution in [0, 0.1) is 18.8 Å². The molecule has 122 valence electrons. The quantitative estimate of drug-likeness (QED) is 0.910. The zero-order valence-corrected chi connectivity index (χ0v) is 13.8. The summed E-state index contributed by atoms with van der Waals surface area (Å²) in [4.78, 5) is 25.7. The van der Waals surface area contributed by atoms with E-state index >= 15 is 0 Å². The number of carbonyl (C=O) groups is 2. The smallest absolute Gasteiger partial charge is 0.308 e. The van der Waals surface area contributed by atoms with E-state index in [1.54, 1.807) is 11.0 Å². The molecule has 1 aliphatic heterocycles. The van der Waals surface area contributed by atoms with Crippen LogP contribution in [0.25, 0.3) is 11.0 Å². The van der Waals surface area contributed by atoms with Crippen LogP contribution in [-0.4, -0.2) is 35.0 Å². The minimum Gasteiger partial charge on any atom is -0.481 e. The zero-order valence-electron chi connectivity index (χ0n) is 13.0. The third kappa shape index (κ3) is 2.81. The van der Waals surface area contributed by atoms with Crippen LogP contribution in [-0.2, 0) is 4.79 Å². The number of carboxylic acids is 1. The van der Waals surface area contributed by atoms with Crippen molar-refractivity contribution in [3.63, 3.8) is 0 Å². The van der Waals surface area contributed by atoms with E-state index in [2.05, 4.69) is 0 Å². The number of fused-ring (bicyclic) bond motifs is 1. The van der Waals surface area contributed by atoms with Gasteiger partial charge in [0.1, 0.15) is 0 Å². The standard InChI is InChI=1S/C17H18ClNO4/c1-9-6-11(17(21)22)8-19(7-9)16(20)14-10(2)12-4-3-5-13(18)15(12)23-14/h3-5,9,11H,6-8H2,1-2H3,(H,21,22). The molecule has 0 bridgehead atoms. The number of hydrogen-bond donors (Lipinski definition) is 1. The van der Waals surface area contributed by atoms with Gasteiger partial charge in [-0.05, 0) is 25.3 Å². The van der Waals surface area contributed by atoms with Gasteiger partial charge < -0.3 is 14.4 Å². The summed E-state index contributed by atoms with van der Waals surface area (Å²) < 4.78 is 5.71. The number of amides is 1. The molecule has 1 aliphatic rings. The molecule has 0 spiro atoms. The number of hydrogen-bond acceptors (Lipinski definition) is 3. The average molecular weight is 336 g/mol. The van der Waals surface area contributed by atoms with E-state index < -0.39 is 11.9 Å². The highest BCUT2D eigenvalue weighted by Crippen LogP contribution is 2.32. The second kappa shape index (κ2) is 5.89. The first-order valence-corrected chi connectivity index (χ1v) is 7.96. The molecule has 0 radical (unpaired) electrons. The Morgan fingerprint density at radius 3 is 2.74 bits per heavy atom. The molecule has 1 saturated heterocycles. The maximum absolute atomic E-state index is 12.8. The first kappa shape index (κ1) is 15.9. The molecule has 6 heteroatoms. The number of piperidine rings is 1. The lowest BCUT2D eigenvalue weighted by molar-refractivity contribution is -0.143. The number of rotatable bonds is 2. The molecule has 1 aromatic carbocycles. The number of furan rings is 1. The molecular weight excluding hydrogens is 318 g/mol.